The second kappa shape index (κ2) is 9.03. The van der Waals surface area contributed by atoms with Crippen molar-refractivity contribution in [3.63, 3.8) is 0 Å². The van der Waals surface area contributed by atoms with Gasteiger partial charge in [-0.2, -0.15) is 0 Å². The van der Waals surface area contributed by atoms with E-state index in [1.165, 1.54) is 25.7 Å². The molecule has 2 rings (SSSR count). The fourth-order valence-electron chi connectivity index (χ4n) is 2.50. The van der Waals surface area contributed by atoms with Crippen LogP contribution in [0.25, 0.3) is 0 Å². The number of amides is 1. The van der Waals surface area contributed by atoms with Gasteiger partial charge in [-0.05, 0) is 49.6 Å². The van der Waals surface area contributed by atoms with Crippen LogP contribution >= 0.6 is 11.8 Å². The molecule has 1 aliphatic heterocycles. The fraction of sp³-hybridized carbons (Fsp3) is 0.647. The van der Waals surface area contributed by atoms with Gasteiger partial charge in [-0.15, -0.1) is 11.8 Å². The Hall–Kier alpha value is -1.23. The van der Waals surface area contributed by atoms with Crippen LogP contribution in [-0.2, 0) is 11.3 Å². The standard InChI is InChI=1S/C17H27N3OS/c1-3-4-11-22-14(2)17(21)19-13-15-7-8-18-16(12-15)20-9-5-6-10-20/h7-8,12,14H,3-6,9-11,13H2,1-2H3,(H,19,21). The number of anilines is 1. The zero-order chi connectivity index (χ0) is 15.8. The molecule has 22 heavy (non-hydrogen) atoms. The molecule has 0 aromatic carbocycles. The van der Waals surface area contributed by atoms with Crippen LogP contribution in [-0.4, -0.2) is 35.0 Å². The van der Waals surface area contributed by atoms with Crippen molar-refractivity contribution in [2.24, 2.45) is 0 Å². The van der Waals surface area contributed by atoms with Gasteiger partial charge in [0.2, 0.25) is 5.91 Å². The van der Waals surface area contributed by atoms with E-state index < -0.39 is 0 Å². The molecule has 1 amide bonds. The second-order valence-electron chi connectivity index (χ2n) is 5.80. The number of nitrogens with one attached hydrogen (secondary N) is 1. The van der Waals surface area contributed by atoms with E-state index in [9.17, 15) is 4.79 Å². The highest BCUT2D eigenvalue weighted by atomic mass is 32.2. The van der Waals surface area contributed by atoms with Crippen molar-refractivity contribution in [2.45, 2.75) is 51.3 Å². The molecule has 1 unspecified atom stereocenters. The summed E-state index contributed by atoms with van der Waals surface area (Å²) in [5, 5.41) is 3.06. The minimum Gasteiger partial charge on any atom is -0.357 e. The number of unbranched alkanes of at least 4 members (excludes halogenated alkanes) is 1. The average Bonchev–Trinajstić information content (AvgIpc) is 3.07. The van der Waals surface area contributed by atoms with E-state index in [1.54, 1.807) is 11.8 Å². The molecule has 1 N–H and O–H groups in total. The van der Waals surface area contributed by atoms with Gasteiger partial charge in [0.1, 0.15) is 5.82 Å². The summed E-state index contributed by atoms with van der Waals surface area (Å²) in [5.74, 6) is 2.22. The summed E-state index contributed by atoms with van der Waals surface area (Å²) in [4.78, 5) is 18.9. The van der Waals surface area contributed by atoms with Crippen molar-refractivity contribution in [3.05, 3.63) is 23.9 Å². The summed E-state index contributed by atoms with van der Waals surface area (Å²) in [6.45, 7) is 6.92. The van der Waals surface area contributed by atoms with E-state index in [4.69, 9.17) is 0 Å². The molecule has 5 heteroatoms. The van der Waals surface area contributed by atoms with E-state index in [-0.39, 0.29) is 11.2 Å². The van der Waals surface area contributed by atoms with E-state index >= 15 is 0 Å². The van der Waals surface area contributed by atoms with E-state index in [2.05, 4.69) is 28.2 Å². The summed E-state index contributed by atoms with van der Waals surface area (Å²) < 4.78 is 0. The van der Waals surface area contributed by atoms with Gasteiger partial charge in [0.25, 0.3) is 0 Å². The number of thioether (sulfide) groups is 1. The van der Waals surface area contributed by atoms with E-state index in [0.29, 0.717) is 6.54 Å². The number of hydrogen-bond acceptors (Lipinski definition) is 4. The smallest absolute Gasteiger partial charge is 0.233 e. The van der Waals surface area contributed by atoms with Crippen LogP contribution in [0.5, 0.6) is 0 Å². The topological polar surface area (TPSA) is 45.2 Å². The zero-order valence-corrected chi connectivity index (χ0v) is 14.5. The Balaban J connectivity index is 1.80. The maximum absolute atomic E-state index is 12.1. The number of rotatable bonds is 8. The average molecular weight is 321 g/mol. The summed E-state index contributed by atoms with van der Waals surface area (Å²) in [6, 6.07) is 4.08. The molecule has 0 spiro atoms. The van der Waals surface area contributed by atoms with Gasteiger partial charge in [-0.1, -0.05) is 13.3 Å². The first-order valence-electron chi connectivity index (χ1n) is 8.30. The quantitative estimate of drug-likeness (QED) is 0.747. The molecule has 122 valence electrons. The zero-order valence-electron chi connectivity index (χ0n) is 13.7. The summed E-state index contributed by atoms with van der Waals surface area (Å²) >= 11 is 1.74. The Kier molecular flexibility index (Phi) is 7.03. The number of hydrogen-bond donors (Lipinski definition) is 1. The number of pyridine rings is 1. The molecule has 0 radical (unpaired) electrons. The molecule has 0 bridgehead atoms. The lowest BCUT2D eigenvalue weighted by atomic mass is 10.2. The SMILES string of the molecule is CCCCSC(C)C(=O)NCc1ccnc(N2CCCC2)c1. The predicted octanol–water partition coefficient (Wildman–Crippen LogP) is 3.22. The predicted molar refractivity (Wildman–Crippen MR) is 94.4 cm³/mol. The Labute approximate surface area is 138 Å². The Bertz CT molecular complexity index is 475. The monoisotopic (exact) mass is 321 g/mol. The lowest BCUT2D eigenvalue weighted by Gasteiger charge is -2.17. The Morgan fingerprint density at radius 3 is 2.95 bits per heavy atom. The van der Waals surface area contributed by atoms with Crippen molar-refractivity contribution < 1.29 is 4.79 Å². The number of carbonyl (C=O) groups excluding carboxylic acids is 1. The summed E-state index contributed by atoms with van der Waals surface area (Å²) in [5.41, 5.74) is 1.12. The van der Waals surface area contributed by atoms with Crippen LogP contribution in [0, 0.1) is 0 Å². The first kappa shape index (κ1) is 17.1. The molecule has 0 saturated carbocycles. The first-order valence-corrected chi connectivity index (χ1v) is 9.34. The molecule has 1 aliphatic rings. The van der Waals surface area contributed by atoms with Crippen molar-refractivity contribution in [2.75, 3.05) is 23.7 Å². The van der Waals surface area contributed by atoms with E-state index in [1.807, 2.05) is 19.2 Å². The lowest BCUT2D eigenvalue weighted by molar-refractivity contribution is -0.120. The van der Waals surface area contributed by atoms with Gasteiger partial charge in [-0.3, -0.25) is 4.79 Å². The largest absolute Gasteiger partial charge is 0.357 e. The van der Waals surface area contributed by atoms with Crippen LogP contribution in [0.1, 0.15) is 45.1 Å². The molecular formula is C17H27N3OS. The third kappa shape index (κ3) is 5.20. The molecule has 4 nitrogen and oxygen atoms in total. The molecular weight excluding hydrogens is 294 g/mol. The first-order chi connectivity index (χ1) is 10.7. The van der Waals surface area contributed by atoms with Crippen LogP contribution in [0.3, 0.4) is 0 Å². The van der Waals surface area contributed by atoms with Crippen LogP contribution in [0.15, 0.2) is 18.3 Å². The number of aromatic nitrogens is 1. The molecule has 1 saturated heterocycles. The van der Waals surface area contributed by atoms with Gasteiger partial charge in [0.15, 0.2) is 0 Å². The lowest BCUT2D eigenvalue weighted by Crippen LogP contribution is -2.30. The van der Waals surface area contributed by atoms with Gasteiger partial charge >= 0.3 is 0 Å². The van der Waals surface area contributed by atoms with Crippen LogP contribution in [0.4, 0.5) is 5.82 Å². The molecule has 1 fully saturated rings. The Morgan fingerprint density at radius 1 is 1.45 bits per heavy atom. The van der Waals surface area contributed by atoms with Crippen LogP contribution < -0.4 is 10.2 Å². The highest BCUT2D eigenvalue weighted by molar-refractivity contribution is 8.00. The van der Waals surface area contributed by atoms with Crippen molar-refractivity contribution in [3.8, 4) is 0 Å². The molecule has 0 aliphatic carbocycles. The normalized spacial score (nSPS) is 15.8. The summed E-state index contributed by atoms with van der Waals surface area (Å²) in [7, 11) is 0. The summed E-state index contributed by atoms with van der Waals surface area (Å²) in [6.07, 6.45) is 6.68. The van der Waals surface area contributed by atoms with E-state index in [0.717, 1.165) is 30.2 Å². The van der Waals surface area contributed by atoms with Crippen molar-refractivity contribution >= 4 is 23.5 Å². The van der Waals surface area contributed by atoms with Gasteiger partial charge in [0, 0.05) is 25.8 Å². The van der Waals surface area contributed by atoms with Gasteiger partial charge in [0.05, 0.1) is 5.25 Å². The maximum atomic E-state index is 12.1. The minimum absolute atomic E-state index is 0.0199. The molecule has 1 aromatic rings. The Morgan fingerprint density at radius 2 is 2.23 bits per heavy atom. The highest BCUT2D eigenvalue weighted by Gasteiger charge is 2.15. The molecule has 1 aromatic heterocycles. The molecule has 1 atom stereocenters. The number of nitrogens with zero attached hydrogens (tertiary/aromatic N) is 2. The minimum atomic E-state index is 0.0199. The van der Waals surface area contributed by atoms with Crippen molar-refractivity contribution in [1.29, 1.82) is 0 Å². The maximum Gasteiger partial charge on any atom is 0.233 e. The second-order valence-corrected chi connectivity index (χ2v) is 7.25. The van der Waals surface area contributed by atoms with Gasteiger partial charge < -0.3 is 10.2 Å². The van der Waals surface area contributed by atoms with Crippen LogP contribution in [0.2, 0.25) is 0 Å². The third-order valence-corrected chi connectivity index (χ3v) is 5.18. The fourth-order valence-corrected chi connectivity index (χ4v) is 3.55. The highest BCUT2D eigenvalue weighted by Crippen LogP contribution is 2.18. The third-order valence-electron chi connectivity index (χ3n) is 3.94. The number of carbonyl (C=O) groups is 1. The molecule has 2 heterocycles. The van der Waals surface area contributed by atoms with Crippen molar-refractivity contribution in [1.82, 2.24) is 10.3 Å². The van der Waals surface area contributed by atoms with Gasteiger partial charge in [-0.25, -0.2) is 4.98 Å².